The predicted molar refractivity (Wildman–Crippen MR) is 89.5 cm³/mol. The molecule has 1 aliphatic rings. The van der Waals surface area contributed by atoms with Gasteiger partial charge in [0.15, 0.2) is 0 Å². The summed E-state index contributed by atoms with van der Waals surface area (Å²) in [5.74, 6) is -0.199. The van der Waals surface area contributed by atoms with Crippen molar-refractivity contribution in [2.75, 3.05) is 33.8 Å². The minimum absolute atomic E-state index is 0.0110. The molecule has 1 aliphatic carbocycles. The topological polar surface area (TPSA) is 52.6 Å². The number of rotatable bonds is 7. The highest BCUT2D eigenvalue weighted by Crippen LogP contribution is 2.39. The van der Waals surface area contributed by atoms with Gasteiger partial charge in [0, 0.05) is 13.1 Å². The number of fused-ring (bicyclic) bond motifs is 1. The molecule has 4 nitrogen and oxygen atoms in total. The number of aliphatic hydroxyl groups excluding tert-OH is 1. The summed E-state index contributed by atoms with van der Waals surface area (Å²) in [7, 11) is 4.14. The van der Waals surface area contributed by atoms with Gasteiger partial charge in [0.05, 0.1) is 12.5 Å². The van der Waals surface area contributed by atoms with E-state index in [2.05, 4.69) is 42.5 Å². The van der Waals surface area contributed by atoms with Crippen LogP contribution < -0.4 is 5.32 Å². The van der Waals surface area contributed by atoms with Crippen molar-refractivity contribution in [1.29, 1.82) is 0 Å². The van der Waals surface area contributed by atoms with E-state index in [9.17, 15) is 4.79 Å². The third kappa shape index (κ3) is 3.76. The summed E-state index contributed by atoms with van der Waals surface area (Å²) < 4.78 is 0. The van der Waals surface area contributed by atoms with E-state index in [0.29, 0.717) is 6.54 Å². The third-order valence-electron chi connectivity index (χ3n) is 4.19. The number of benzene rings is 1. The Morgan fingerprint density at radius 3 is 2.77 bits per heavy atom. The molecule has 1 aromatic carbocycles. The lowest BCUT2D eigenvalue weighted by Gasteiger charge is -2.18. The van der Waals surface area contributed by atoms with E-state index in [0.717, 1.165) is 19.4 Å². The van der Waals surface area contributed by atoms with Crippen LogP contribution in [0.15, 0.2) is 29.8 Å². The molecular weight excluding hydrogens is 276 g/mol. The van der Waals surface area contributed by atoms with Crippen molar-refractivity contribution in [2.24, 2.45) is 5.92 Å². The second-order valence-electron chi connectivity index (χ2n) is 6.14. The van der Waals surface area contributed by atoms with Crippen molar-refractivity contribution in [3.8, 4) is 0 Å². The van der Waals surface area contributed by atoms with Crippen LogP contribution in [-0.2, 0) is 11.2 Å². The fraction of sp³-hybridized carbons (Fsp3) is 0.500. The highest BCUT2D eigenvalue weighted by atomic mass is 16.3. The van der Waals surface area contributed by atoms with Crippen molar-refractivity contribution in [3.63, 3.8) is 0 Å². The summed E-state index contributed by atoms with van der Waals surface area (Å²) >= 11 is 0. The lowest BCUT2D eigenvalue weighted by Crippen LogP contribution is -2.32. The molecule has 1 atom stereocenters. The molecule has 1 unspecified atom stereocenters. The van der Waals surface area contributed by atoms with Gasteiger partial charge in [-0.2, -0.15) is 0 Å². The summed E-state index contributed by atoms with van der Waals surface area (Å²) in [5.41, 5.74) is 5.06. The highest BCUT2D eigenvalue weighted by molar-refractivity contribution is 5.94. The number of carbonyl (C=O) groups excluding carboxylic acids is 1. The number of amides is 1. The molecule has 0 spiro atoms. The zero-order valence-electron chi connectivity index (χ0n) is 13.7. The Labute approximate surface area is 132 Å². The summed E-state index contributed by atoms with van der Waals surface area (Å²) in [5, 5.41) is 11.7. The van der Waals surface area contributed by atoms with Crippen LogP contribution in [0.4, 0.5) is 0 Å². The number of nitrogens with one attached hydrogen (secondary N) is 1. The van der Waals surface area contributed by atoms with E-state index in [4.69, 9.17) is 5.11 Å². The van der Waals surface area contributed by atoms with Gasteiger partial charge in [-0.25, -0.2) is 0 Å². The Balaban J connectivity index is 2.26. The molecule has 4 heteroatoms. The predicted octanol–water partition coefficient (Wildman–Crippen LogP) is 1.69. The van der Waals surface area contributed by atoms with Crippen molar-refractivity contribution >= 4 is 11.5 Å². The van der Waals surface area contributed by atoms with Crippen LogP contribution in [0, 0.1) is 5.92 Å². The van der Waals surface area contributed by atoms with Gasteiger partial charge in [0.1, 0.15) is 0 Å². The molecular formula is C18H26N2O2. The SMILES string of the molecule is CC(C(=O)NCCO)C1=C(CCN(C)C)Cc2ccccc21. The van der Waals surface area contributed by atoms with Crippen LogP contribution in [0.25, 0.3) is 5.57 Å². The molecule has 0 saturated heterocycles. The molecule has 0 fully saturated rings. The number of carbonyl (C=O) groups is 1. The quantitative estimate of drug-likeness (QED) is 0.806. The maximum absolute atomic E-state index is 12.3. The maximum atomic E-state index is 12.3. The number of nitrogens with zero attached hydrogens (tertiary/aromatic N) is 1. The maximum Gasteiger partial charge on any atom is 0.227 e. The van der Waals surface area contributed by atoms with E-state index >= 15 is 0 Å². The Morgan fingerprint density at radius 1 is 1.36 bits per heavy atom. The average molecular weight is 302 g/mol. The van der Waals surface area contributed by atoms with Crippen LogP contribution in [-0.4, -0.2) is 49.7 Å². The molecule has 2 rings (SSSR count). The normalized spacial score (nSPS) is 15.1. The van der Waals surface area contributed by atoms with Gasteiger partial charge in [-0.1, -0.05) is 29.8 Å². The van der Waals surface area contributed by atoms with Gasteiger partial charge < -0.3 is 15.3 Å². The first-order chi connectivity index (χ1) is 10.5. The molecule has 0 aromatic heterocycles. The van der Waals surface area contributed by atoms with Gasteiger partial charge in [0.2, 0.25) is 5.91 Å². The minimum Gasteiger partial charge on any atom is -0.395 e. The van der Waals surface area contributed by atoms with Crippen LogP contribution in [0.5, 0.6) is 0 Å². The molecule has 0 aliphatic heterocycles. The standard InChI is InChI=1S/C18H26N2O2/c1-13(18(22)19-9-11-21)17-15(8-10-20(2)3)12-14-6-4-5-7-16(14)17/h4-7,13,21H,8-12H2,1-3H3,(H,19,22). The zero-order valence-corrected chi connectivity index (χ0v) is 13.7. The van der Waals surface area contributed by atoms with E-state index < -0.39 is 0 Å². The summed E-state index contributed by atoms with van der Waals surface area (Å²) in [6, 6.07) is 8.35. The molecule has 120 valence electrons. The van der Waals surface area contributed by atoms with Crippen LogP contribution in [0.2, 0.25) is 0 Å². The van der Waals surface area contributed by atoms with Crippen LogP contribution >= 0.6 is 0 Å². The van der Waals surface area contributed by atoms with E-state index in [1.54, 1.807) is 0 Å². The monoisotopic (exact) mass is 302 g/mol. The largest absolute Gasteiger partial charge is 0.395 e. The number of hydrogen-bond acceptors (Lipinski definition) is 3. The lowest BCUT2D eigenvalue weighted by atomic mass is 9.91. The Morgan fingerprint density at radius 2 is 2.09 bits per heavy atom. The van der Waals surface area contributed by atoms with E-state index in [1.807, 2.05) is 13.0 Å². The van der Waals surface area contributed by atoms with E-state index in [-0.39, 0.29) is 18.4 Å². The highest BCUT2D eigenvalue weighted by Gasteiger charge is 2.28. The van der Waals surface area contributed by atoms with Gasteiger partial charge in [0.25, 0.3) is 0 Å². The third-order valence-corrected chi connectivity index (χ3v) is 4.19. The summed E-state index contributed by atoms with van der Waals surface area (Å²) in [6.45, 7) is 3.23. The molecule has 22 heavy (non-hydrogen) atoms. The van der Waals surface area contributed by atoms with Crippen molar-refractivity contribution < 1.29 is 9.90 Å². The Bertz CT molecular complexity index is 564. The van der Waals surface area contributed by atoms with Crippen molar-refractivity contribution in [2.45, 2.75) is 19.8 Å². The summed E-state index contributed by atoms with van der Waals surface area (Å²) in [6.07, 6.45) is 1.92. The van der Waals surface area contributed by atoms with Crippen molar-refractivity contribution in [3.05, 3.63) is 41.0 Å². The van der Waals surface area contributed by atoms with Gasteiger partial charge in [-0.3, -0.25) is 4.79 Å². The van der Waals surface area contributed by atoms with Crippen molar-refractivity contribution in [1.82, 2.24) is 10.2 Å². The molecule has 2 N–H and O–H groups in total. The van der Waals surface area contributed by atoms with Gasteiger partial charge in [-0.15, -0.1) is 0 Å². The fourth-order valence-electron chi connectivity index (χ4n) is 3.04. The van der Waals surface area contributed by atoms with Gasteiger partial charge >= 0.3 is 0 Å². The first-order valence-electron chi connectivity index (χ1n) is 7.88. The second-order valence-corrected chi connectivity index (χ2v) is 6.14. The van der Waals surface area contributed by atoms with E-state index in [1.165, 1.54) is 22.3 Å². The molecule has 0 saturated carbocycles. The minimum atomic E-state index is -0.188. The average Bonchev–Trinajstić information content (AvgIpc) is 2.88. The zero-order chi connectivity index (χ0) is 16.1. The first kappa shape index (κ1) is 16.7. The second kappa shape index (κ2) is 7.56. The Hall–Kier alpha value is -1.65. The first-order valence-corrected chi connectivity index (χ1v) is 7.88. The number of aliphatic hydroxyl groups is 1. The molecule has 0 bridgehead atoms. The molecule has 0 radical (unpaired) electrons. The summed E-state index contributed by atoms with van der Waals surface area (Å²) in [4.78, 5) is 14.5. The molecule has 0 heterocycles. The lowest BCUT2D eigenvalue weighted by molar-refractivity contribution is -0.123. The Kier molecular flexibility index (Phi) is 5.75. The smallest absolute Gasteiger partial charge is 0.227 e. The van der Waals surface area contributed by atoms with Crippen LogP contribution in [0.1, 0.15) is 24.5 Å². The fourth-order valence-corrected chi connectivity index (χ4v) is 3.04. The van der Waals surface area contributed by atoms with Gasteiger partial charge in [-0.05, 0) is 50.6 Å². The van der Waals surface area contributed by atoms with Crippen LogP contribution in [0.3, 0.4) is 0 Å². The molecule has 1 aromatic rings. The molecule has 1 amide bonds. The number of hydrogen-bond donors (Lipinski definition) is 2.